The van der Waals surface area contributed by atoms with Crippen molar-refractivity contribution in [2.75, 3.05) is 52.5 Å². The predicted octanol–water partition coefficient (Wildman–Crippen LogP) is -2.14. The molecule has 0 bridgehead atoms. The van der Waals surface area contributed by atoms with Crippen molar-refractivity contribution in [3.05, 3.63) is 29.3 Å². The molecule has 4 N–H and O–H groups in total. The first-order chi connectivity index (χ1) is 10.2. The van der Waals surface area contributed by atoms with E-state index in [0.29, 0.717) is 18.2 Å². The fraction of sp³-hybridized carbons (Fsp3) is 0.600. The molecule has 0 amide bonds. The molecule has 0 radical (unpaired) electrons. The third-order valence-corrected chi connectivity index (χ3v) is 4.16. The third-order valence-electron chi connectivity index (χ3n) is 3.91. The number of halogens is 1. The molecule has 21 heavy (non-hydrogen) atoms. The first kappa shape index (κ1) is 16.5. The van der Waals surface area contributed by atoms with Gasteiger partial charge in [0.1, 0.15) is 57.7 Å². The summed E-state index contributed by atoms with van der Waals surface area (Å²) < 4.78 is 5.56. The summed E-state index contributed by atoms with van der Waals surface area (Å²) in [5.74, 6) is 0.727. The van der Waals surface area contributed by atoms with Gasteiger partial charge in [0.05, 0.1) is 6.61 Å². The second-order valence-corrected chi connectivity index (χ2v) is 6.03. The number of hydrogen-bond donors (Lipinski definition) is 4. The first-order valence-corrected chi connectivity index (χ1v) is 7.89. The summed E-state index contributed by atoms with van der Waals surface area (Å²) in [5, 5.41) is 19.7. The Hall–Kier alpha value is -0.850. The molecule has 5 nitrogen and oxygen atoms in total. The highest BCUT2D eigenvalue weighted by molar-refractivity contribution is 6.30. The topological polar surface area (TPSA) is 58.6 Å². The fourth-order valence-electron chi connectivity index (χ4n) is 2.68. The van der Waals surface area contributed by atoms with Gasteiger partial charge in [-0.3, -0.25) is 0 Å². The van der Waals surface area contributed by atoms with Crippen LogP contribution in [0, 0.1) is 0 Å². The molecule has 1 unspecified atom stereocenters. The van der Waals surface area contributed by atoms with Gasteiger partial charge in [0.2, 0.25) is 0 Å². The highest BCUT2D eigenvalue weighted by atomic mass is 35.5. The van der Waals surface area contributed by atoms with Gasteiger partial charge in [-0.1, -0.05) is 11.6 Å². The van der Waals surface area contributed by atoms with Crippen molar-refractivity contribution in [3.8, 4) is 5.75 Å². The molecule has 1 aromatic rings. The quantitative estimate of drug-likeness (QED) is 0.464. The van der Waals surface area contributed by atoms with Crippen molar-refractivity contribution in [3.63, 3.8) is 0 Å². The minimum atomic E-state index is -0.463. The maximum atomic E-state index is 10.1. The van der Waals surface area contributed by atoms with Gasteiger partial charge in [-0.15, -0.1) is 0 Å². The average Bonchev–Trinajstić information content (AvgIpc) is 2.49. The summed E-state index contributed by atoms with van der Waals surface area (Å²) in [7, 11) is 0. The number of ether oxygens (including phenoxy) is 1. The standard InChI is InChI=1S/C15H23ClN2O3/c16-13-1-3-15(4-2-13)21-12-14(20)11-18-7-5-17(6-8-18)9-10-19/h1-4,14,19-20H,5-12H2/p+2. The van der Waals surface area contributed by atoms with E-state index < -0.39 is 6.10 Å². The van der Waals surface area contributed by atoms with Crippen LogP contribution >= 0.6 is 11.6 Å². The summed E-state index contributed by atoms with van der Waals surface area (Å²) >= 11 is 5.81. The molecule has 0 saturated carbocycles. The average molecular weight is 317 g/mol. The number of nitrogens with one attached hydrogen (secondary N) is 2. The van der Waals surface area contributed by atoms with E-state index >= 15 is 0 Å². The first-order valence-electron chi connectivity index (χ1n) is 7.52. The van der Waals surface area contributed by atoms with Crippen LogP contribution in [-0.4, -0.2) is 68.8 Å². The lowest BCUT2D eigenvalue weighted by Gasteiger charge is -2.30. The molecule has 1 aliphatic heterocycles. The van der Waals surface area contributed by atoms with Gasteiger partial charge in [0.25, 0.3) is 0 Å². The van der Waals surface area contributed by atoms with Crippen LogP contribution in [0.5, 0.6) is 5.75 Å². The van der Waals surface area contributed by atoms with Gasteiger partial charge < -0.3 is 24.7 Å². The molecular weight excluding hydrogens is 292 g/mol. The maximum absolute atomic E-state index is 10.1. The van der Waals surface area contributed by atoms with Gasteiger partial charge in [0.15, 0.2) is 0 Å². The third kappa shape index (κ3) is 5.80. The number of aliphatic hydroxyl groups excluding tert-OH is 2. The Balaban J connectivity index is 1.65. The van der Waals surface area contributed by atoms with Crippen LogP contribution in [0.2, 0.25) is 5.02 Å². The molecule has 0 aliphatic carbocycles. The summed E-state index contributed by atoms with van der Waals surface area (Å²) in [6.45, 7) is 6.28. The minimum Gasteiger partial charge on any atom is -0.491 e. The van der Waals surface area contributed by atoms with E-state index in [0.717, 1.165) is 38.5 Å². The van der Waals surface area contributed by atoms with Gasteiger partial charge in [-0.05, 0) is 24.3 Å². The zero-order chi connectivity index (χ0) is 15.1. The summed E-state index contributed by atoms with van der Waals surface area (Å²) in [6.07, 6.45) is -0.463. The monoisotopic (exact) mass is 316 g/mol. The number of rotatable bonds is 7. The molecule has 2 rings (SSSR count). The van der Waals surface area contributed by atoms with Crippen molar-refractivity contribution in [1.29, 1.82) is 0 Å². The Bertz CT molecular complexity index is 408. The second kappa shape index (κ2) is 8.56. The van der Waals surface area contributed by atoms with Gasteiger partial charge in [-0.2, -0.15) is 0 Å². The van der Waals surface area contributed by atoms with E-state index in [2.05, 4.69) is 0 Å². The normalized spacial score (nSPS) is 23.8. The molecule has 0 aromatic heterocycles. The number of benzene rings is 1. The van der Waals surface area contributed by atoms with Crippen molar-refractivity contribution in [1.82, 2.24) is 0 Å². The Morgan fingerprint density at radius 1 is 1.10 bits per heavy atom. The maximum Gasteiger partial charge on any atom is 0.137 e. The zero-order valence-corrected chi connectivity index (χ0v) is 13.0. The van der Waals surface area contributed by atoms with E-state index in [1.807, 2.05) is 0 Å². The second-order valence-electron chi connectivity index (χ2n) is 5.60. The number of piperazine rings is 1. The van der Waals surface area contributed by atoms with E-state index in [-0.39, 0.29) is 6.61 Å². The summed E-state index contributed by atoms with van der Waals surface area (Å²) in [6, 6.07) is 7.16. The lowest BCUT2D eigenvalue weighted by atomic mass is 10.2. The molecular formula is C15H25ClN2O3+2. The Labute approximate surface area is 130 Å². The lowest BCUT2D eigenvalue weighted by Crippen LogP contribution is -3.28. The fourth-order valence-corrected chi connectivity index (χ4v) is 2.81. The predicted molar refractivity (Wildman–Crippen MR) is 81.2 cm³/mol. The van der Waals surface area contributed by atoms with Crippen molar-refractivity contribution < 1.29 is 24.7 Å². The molecule has 6 heteroatoms. The largest absolute Gasteiger partial charge is 0.491 e. The molecule has 1 atom stereocenters. The van der Waals surface area contributed by atoms with Crippen molar-refractivity contribution in [2.45, 2.75) is 6.10 Å². The zero-order valence-electron chi connectivity index (χ0n) is 12.2. The van der Waals surface area contributed by atoms with Crippen LogP contribution in [0.1, 0.15) is 0 Å². The SMILES string of the molecule is OCC[NH+]1CC[NH+](CC(O)COc2ccc(Cl)cc2)CC1. The summed E-state index contributed by atoms with van der Waals surface area (Å²) in [5.41, 5.74) is 0. The van der Waals surface area contributed by atoms with Crippen LogP contribution < -0.4 is 14.5 Å². The van der Waals surface area contributed by atoms with Crippen molar-refractivity contribution >= 4 is 11.6 Å². The minimum absolute atomic E-state index is 0.252. The molecule has 1 saturated heterocycles. The summed E-state index contributed by atoms with van der Waals surface area (Å²) in [4.78, 5) is 2.86. The van der Waals surface area contributed by atoms with Gasteiger partial charge in [-0.25, -0.2) is 0 Å². The number of quaternary nitrogens is 2. The molecule has 1 heterocycles. The van der Waals surface area contributed by atoms with Gasteiger partial charge in [0, 0.05) is 5.02 Å². The number of aliphatic hydroxyl groups is 2. The van der Waals surface area contributed by atoms with Crippen LogP contribution in [0.3, 0.4) is 0 Å². The van der Waals surface area contributed by atoms with Crippen molar-refractivity contribution in [2.24, 2.45) is 0 Å². The van der Waals surface area contributed by atoms with Crippen LogP contribution in [0.15, 0.2) is 24.3 Å². The highest BCUT2D eigenvalue weighted by Gasteiger charge is 2.24. The van der Waals surface area contributed by atoms with E-state index in [4.69, 9.17) is 21.4 Å². The molecule has 1 fully saturated rings. The smallest absolute Gasteiger partial charge is 0.137 e. The molecule has 1 aromatic carbocycles. The van der Waals surface area contributed by atoms with E-state index in [9.17, 15) is 5.11 Å². The van der Waals surface area contributed by atoms with E-state index in [1.165, 1.54) is 9.80 Å². The molecule has 118 valence electrons. The number of hydrogen-bond acceptors (Lipinski definition) is 3. The molecule has 1 aliphatic rings. The molecule has 0 spiro atoms. The van der Waals surface area contributed by atoms with Crippen LogP contribution in [0.4, 0.5) is 0 Å². The Morgan fingerprint density at radius 3 is 2.33 bits per heavy atom. The Morgan fingerprint density at radius 2 is 1.71 bits per heavy atom. The van der Waals surface area contributed by atoms with Crippen LogP contribution in [0.25, 0.3) is 0 Å². The van der Waals surface area contributed by atoms with E-state index in [1.54, 1.807) is 24.3 Å². The highest BCUT2D eigenvalue weighted by Crippen LogP contribution is 2.15. The van der Waals surface area contributed by atoms with Gasteiger partial charge >= 0.3 is 0 Å². The van der Waals surface area contributed by atoms with Crippen LogP contribution in [-0.2, 0) is 0 Å². The Kier molecular flexibility index (Phi) is 6.73. The lowest BCUT2D eigenvalue weighted by molar-refractivity contribution is -1.01.